The van der Waals surface area contributed by atoms with Crippen molar-refractivity contribution in [1.29, 1.82) is 0 Å². The van der Waals surface area contributed by atoms with Gasteiger partial charge in [0.05, 0.1) is 7.11 Å². The van der Waals surface area contributed by atoms with Gasteiger partial charge in [-0.05, 0) is 43.3 Å². The van der Waals surface area contributed by atoms with Crippen LogP contribution in [0.5, 0.6) is 5.75 Å². The SMILES string of the molecule is COc1ccc(Nc2cc(C)nc(N3CCN(C(=O)c4cc(-c5cccnc5)on4)CC3)n2)cc1. The van der Waals surface area contributed by atoms with Gasteiger partial charge in [-0.25, -0.2) is 4.98 Å². The standard InChI is InChI=1S/C25H25N7O3/c1-17-14-23(28-19-5-7-20(34-2)8-6-19)29-25(27-17)32-12-10-31(11-13-32)24(33)21-15-22(35-30-21)18-4-3-9-26-16-18/h3-9,14-16H,10-13H2,1-2H3,(H,27,28,29). The van der Waals surface area contributed by atoms with Gasteiger partial charge in [-0.2, -0.15) is 4.98 Å². The van der Waals surface area contributed by atoms with Gasteiger partial charge < -0.3 is 24.4 Å². The molecule has 4 heterocycles. The van der Waals surface area contributed by atoms with Gasteiger partial charge in [-0.1, -0.05) is 5.16 Å². The number of aromatic nitrogens is 4. The van der Waals surface area contributed by atoms with Gasteiger partial charge in [-0.3, -0.25) is 9.78 Å². The third-order valence-corrected chi connectivity index (χ3v) is 5.73. The first-order valence-electron chi connectivity index (χ1n) is 11.3. The monoisotopic (exact) mass is 471 g/mol. The van der Waals surface area contributed by atoms with Crippen molar-refractivity contribution in [1.82, 2.24) is 25.0 Å². The maximum atomic E-state index is 13.0. The summed E-state index contributed by atoms with van der Waals surface area (Å²) < 4.78 is 10.6. The van der Waals surface area contributed by atoms with E-state index in [1.54, 1.807) is 30.5 Å². The van der Waals surface area contributed by atoms with Crippen molar-refractivity contribution in [3.63, 3.8) is 0 Å². The van der Waals surface area contributed by atoms with Crippen molar-refractivity contribution in [2.75, 3.05) is 43.5 Å². The molecule has 1 amide bonds. The highest BCUT2D eigenvalue weighted by Crippen LogP contribution is 2.23. The lowest BCUT2D eigenvalue weighted by Crippen LogP contribution is -2.49. The zero-order valence-corrected chi connectivity index (χ0v) is 19.5. The van der Waals surface area contributed by atoms with E-state index in [9.17, 15) is 4.79 Å². The van der Waals surface area contributed by atoms with Crippen LogP contribution in [0.4, 0.5) is 17.5 Å². The van der Waals surface area contributed by atoms with Crippen LogP contribution in [-0.4, -0.2) is 64.2 Å². The number of methoxy groups -OCH3 is 1. The van der Waals surface area contributed by atoms with E-state index in [1.807, 2.05) is 49.4 Å². The number of amides is 1. The van der Waals surface area contributed by atoms with Crippen molar-refractivity contribution >= 4 is 23.4 Å². The smallest absolute Gasteiger partial charge is 0.276 e. The van der Waals surface area contributed by atoms with Gasteiger partial charge >= 0.3 is 0 Å². The summed E-state index contributed by atoms with van der Waals surface area (Å²) in [5, 5.41) is 7.29. The molecule has 0 bridgehead atoms. The summed E-state index contributed by atoms with van der Waals surface area (Å²) in [5.74, 6) is 2.50. The number of carbonyl (C=O) groups is 1. The van der Waals surface area contributed by atoms with E-state index in [-0.39, 0.29) is 11.6 Å². The molecule has 4 aromatic rings. The molecular formula is C25H25N7O3. The van der Waals surface area contributed by atoms with Crippen molar-refractivity contribution in [3.8, 4) is 17.1 Å². The summed E-state index contributed by atoms with van der Waals surface area (Å²) in [5.41, 5.74) is 2.83. The number of benzene rings is 1. The van der Waals surface area contributed by atoms with Crippen molar-refractivity contribution in [2.45, 2.75) is 6.92 Å². The van der Waals surface area contributed by atoms with Crippen molar-refractivity contribution in [2.24, 2.45) is 0 Å². The molecule has 0 unspecified atom stereocenters. The lowest BCUT2D eigenvalue weighted by molar-refractivity contribution is 0.0736. The molecular weight excluding hydrogens is 446 g/mol. The number of hydrogen-bond acceptors (Lipinski definition) is 9. The molecule has 0 atom stereocenters. The Morgan fingerprint density at radius 1 is 1.06 bits per heavy atom. The Bertz CT molecular complexity index is 1300. The van der Waals surface area contributed by atoms with Crippen molar-refractivity contribution in [3.05, 3.63) is 72.3 Å². The highest BCUT2D eigenvalue weighted by Gasteiger charge is 2.26. The van der Waals surface area contributed by atoms with Crippen LogP contribution >= 0.6 is 0 Å². The van der Waals surface area contributed by atoms with Crippen LogP contribution in [0, 0.1) is 6.92 Å². The third-order valence-electron chi connectivity index (χ3n) is 5.73. The number of hydrogen-bond donors (Lipinski definition) is 1. The molecule has 0 saturated carbocycles. The predicted octanol–water partition coefficient (Wildman–Crippen LogP) is 3.55. The highest BCUT2D eigenvalue weighted by atomic mass is 16.5. The number of nitrogens with one attached hydrogen (secondary N) is 1. The predicted molar refractivity (Wildman–Crippen MR) is 131 cm³/mol. The Morgan fingerprint density at radius 2 is 1.86 bits per heavy atom. The second-order valence-corrected chi connectivity index (χ2v) is 8.15. The van der Waals surface area contributed by atoms with Crippen LogP contribution in [0.25, 0.3) is 11.3 Å². The molecule has 1 aliphatic rings. The van der Waals surface area contributed by atoms with Gasteiger partial charge in [-0.15, -0.1) is 0 Å². The van der Waals surface area contributed by atoms with Crippen LogP contribution in [0.15, 0.2) is 65.4 Å². The number of nitrogens with zero attached hydrogens (tertiary/aromatic N) is 6. The summed E-state index contributed by atoms with van der Waals surface area (Å²) in [6.45, 7) is 4.24. The van der Waals surface area contributed by atoms with Crippen LogP contribution in [0.1, 0.15) is 16.2 Å². The van der Waals surface area contributed by atoms with Gasteiger partial charge in [0, 0.05) is 67.7 Å². The van der Waals surface area contributed by atoms with E-state index >= 15 is 0 Å². The molecule has 5 rings (SSSR count). The van der Waals surface area contributed by atoms with E-state index in [0.717, 1.165) is 22.7 Å². The minimum Gasteiger partial charge on any atom is -0.497 e. The minimum atomic E-state index is -0.157. The van der Waals surface area contributed by atoms with E-state index in [1.165, 1.54) is 0 Å². The Morgan fingerprint density at radius 3 is 2.57 bits per heavy atom. The van der Waals surface area contributed by atoms with E-state index in [2.05, 4.69) is 25.3 Å². The van der Waals surface area contributed by atoms with Crippen LogP contribution in [0.3, 0.4) is 0 Å². The first-order valence-corrected chi connectivity index (χ1v) is 11.3. The molecule has 1 N–H and O–H groups in total. The normalized spacial score (nSPS) is 13.5. The number of rotatable bonds is 6. The number of pyridine rings is 1. The molecule has 0 radical (unpaired) electrons. The van der Waals surface area contributed by atoms with E-state index in [0.29, 0.717) is 43.7 Å². The topological polar surface area (TPSA) is 110 Å². The fourth-order valence-corrected chi connectivity index (χ4v) is 3.87. The third kappa shape index (κ3) is 5.06. The van der Waals surface area contributed by atoms with Gasteiger partial charge in [0.25, 0.3) is 5.91 Å². The van der Waals surface area contributed by atoms with Crippen LogP contribution < -0.4 is 15.0 Å². The highest BCUT2D eigenvalue weighted by molar-refractivity contribution is 5.93. The molecule has 1 fully saturated rings. The molecule has 178 valence electrons. The van der Waals surface area contributed by atoms with Crippen LogP contribution in [-0.2, 0) is 0 Å². The van der Waals surface area contributed by atoms with Gasteiger partial charge in [0.1, 0.15) is 11.6 Å². The summed E-state index contributed by atoms with van der Waals surface area (Å²) in [6, 6.07) is 14.9. The number of ether oxygens (including phenoxy) is 1. The summed E-state index contributed by atoms with van der Waals surface area (Å²) in [6.07, 6.45) is 3.36. The lowest BCUT2D eigenvalue weighted by atomic mass is 10.2. The van der Waals surface area contributed by atoms with Crippen molar-refractivity contribution < 1.29 is 14.1 Å². The summed E-state index contributed by atoms with van der Waals surface area (Å²) in [4.78, 5) is 30.2. The first-order chi connectivity index (χ1) is 17.1. The lowest BCUT2D eigenvalue weighted by Gasteiger charge is -2.34. The van der Waals surface area contributed by atoms with E-state index in [4.69, 9.17) is 14.2 Å². The average Bonchev–Trinajstić information content (AvgIpc) is 3.39. The average molecular weight is 472 g/mol. The fourth-order valence-electron chi connectivity index (χ4n) is 3.87. The molecule has 1 aliphatic heterocycles. The number of piperazine rings is 1. The number of aryl methyl sites for hydroxylation is 1. The zero-order chi connectivity index (χ0) is 24.2. The van der Waals surface area contributed by atoms with E-state index < -0.39 is 0 Å². The number of carbonyl (C=O) groups excluding carboxylic acids is 1. The second-order valence-electron chi connectivity index (χ2n) is 8.15. The Labute approximate surface area is 202 Å². The maximum Gasteiger partial charge on any atom is 0.276 e. The Hall–Kier alpha value is -4.47. The molecule has 0 aliphatic carbocycles. The maximum absolute atomic E-state index is 13.0. The number of anilines is 3. The molecule has 10 nitrogen and oxygen atoms in total. The largest absolute Gasteiger partial charge is 0.497 e. The Balaban J connectivity index is 1.23. The van der Waals surface area contributed by atoms with Gasteiger partial charge in [0.2, 0.25) is 5.95 Å². The summed E-state index contributed by atoms with van der Waals surface area (Å²) >= 11 is 0. The molecule has 1 aromatic carbocycles. The second kappa shape index (κ2) is 9.80. The molecule has 0 spiro atoms. The fraction of sp³-hybridized carbons (Fsp3) is 0.240. The minimum absolute atomic E-state index is 0.157. The van der Waals surface area contributed by atoms with Gasteiger partial charge in [0.15, 0.2) is 11.5 Å². The molecule has 10 heteroatoms. The van der Waals surface area contributed by atoms with Crippen LogP contribution in [0.2, 0.25) is 0 Å². The molecule has 35 heavy (non-hydrogen) atoms. The molecule has 1 saturated heterocycles. The zero-order valence-electron chi connectivity index (χ0n) is 19.5. The quantitative estimate of drug-likeness (QED) is 0.451. The summed E-state index contributed by atoms with van der Waals surface area (Å²) in [7, 11) is 1.64. The molecule has 3 aromatic heterocycles. The Kier molecular flexibility index (Phi) is 6.25. The first kappa shape index (κ1) is 22.3.